The number of nitrogens with one attached hydrogen (secondary N) is 1. The molecule has 0 radical (unpaired) electrons. The molecule has 3 nitrogen and oxygen atoms in total. The molecular weight excluding hydrogens is 336 g/mol. The van der Waals surface area contributed by atoms with Crippen molar-refractivity contribution in [2.75, 3.05) is 6.61 Å². The highest BCUT2D eigenvalue weighted by molar-refractivity contribution is 5.79. The number of ether oxygens (including phenoxy) is 1. The van der Waals surface area contributed by atoms with E-state index < -0.39 is 11.6 Å². The highest BCUT2D eigenvalue weighted by atomic mass is 19.1. The highest BCUT2D eigenvalue weighted by Crippen LogP contribution is 2.45. The van der Waals surface area contributed by atoms with Gasteiger partial charge in [-0.25, -0.2) is 8.78 Å². The van der Waals surface area contributed by atoms with Crippen molar-refractivity contribution in [3.05, 3.63) is 71.3 Å². The first-order valence-electron chi connectivity index (χ1n) is 9.00. The molecule has 0 spiro atoms. The van der Waals surface area contributed by atoms with Gasteiger partial charge in [0.15, 0.2) is 0 Å². The summed E-state index contributed by atoms with van der Waals surface area (Å²) in [6, 6.07) is 13.4. The van der Waals surface area contributed by atoms with Crippen LogP contribution in [-0.2, 0) is 22.4 Å². The normalized spacial score (nSPS) is 26.8. The Labute approximate surface area is 151 Å². The second kappa shape index (κ2) is 7.16. The van der Waals surface area contributed by atoms with E-state index in [-0.39, 0.29) is 30.4 Å². The van der Waals surface area contributed by atoms with Gasteiger partial charge >= 0.3 is 0 Å². The molecule has 0 unspecified atom stereocenters. The zero-order valence-electron chi connectivity index (χ0n) is 14.3. The fourth-order valence-electron chi connectivity index (χ4n) is 4.31. The first-order valence-corrected chi connectivity index (χ1v) is 9.00. The van der Waals surface area contributed by atoms with Gasteiger partial charge in [0.05, 0.1) is 12.5 Å². The lowest BCUT2D eigenvalue weighted by atomic mass is 9.64. The standard InChI is InChI=1S/C21H21F2NO2/c22-15-8-14(9-16(23)12-15)11-19(25)24-20-17-6-7-26-21(17)18(20)10-13-4-2-1-3-5-13/h1-5,8-9,12,17-18,20-21H,6-7,10-11H2,(H,24,25)/t17-,18+,20-,21-/m0/s1. The Morgan fingerprint density at radius 3 is 2.54 bits per heavy atom. The Hall–Kier alpha value is -2.27. The third kappa shape index (κ3) is 3.49. The molecular formula is C21H21F2NO2. The van der Waals surface area contributed by atoms with Crippen LogP contribution in [0.4, 0.5) is 8.78 Å². The van der Waals surface area contributed by atoms with Gasteiger partial charge in [-0.2, -0.15) is 0 Å². The molecule has 1 aliphatic carbocycles. The van der Waals surface area contributed by atoms with Gasteiger partial charge < -0.3 is 10.1 Å². The second-order valence-electron chi connectivity index (χ2n) is 7.19. The molecule has 1 saturated carbocycles. The number of amides is 1. The first-order chi connectivity index (χ1) is 12.6. The van der Waals surface area contributed by atoms with E-state index in [1.165, 1.54) is 17.7 Å². The van der Waals surface area contributed by atoms with Crippen LogP contribution in [0.25, 0.3) is 0 Å². The minimum absolute atomic E-state index is 0.0263. The topological polar surface area (TPSA) is 38.3 Å². The number of carbonyl (C=O) groups excluding carboxylic acids is 1. The summed E-state index contributed by atoms with van der Waals surface area (Å²) >= 11 is 0. The van der Waals surface area contributed by atoms with E-state index in [4.69, 9.17) is 4.74 Å². The summed E-state index contributed by atoms with van der Waals surface area (Å²) in [7, 11) is 0. The molecule has 2 aliphatic rings. The lowest BCUT2D eigenvalue weighted by Crippen LogP contribution is -2.62. The van der Waals surface area contributed by atoms with Crippen LogP contribution in [0, 0.1) is 23.5 Å². The van der Waals surface area contributed by atoms with Crippen LogP contribution in [0.2, 0.25) is 0 Å². The third-order valence-electron chi connectivity index (χ3n) is 5.46. The number of hydrogen-bond donors (Lipinski definition) is 1. The molecule has 1 N–H and O–H groups in total. The molecule has 4 atom stereocenters. The van der Waals surface area contributed by atoms with Crippen molar-refractivity contribution in [2.45, 2.75) is 31.4 Å². The molecule has 2 aromatic carbocycles. The summed E-state index contributed by atoms with van der Waals surface area (Å²) in [5, 5.41) is 3.08. The van der Waals surface area contributed by atoms with Crippen molar-refractivity contribution in [3.63, 3.8) is 0 Å². The zero-order valence-corrected chi connectivity index (χ0v) is 14.3. The maximum absolute atomic E-state index is 13.3. The summed E-state index contributed by atoms with van der Waals surface area (Å²) in [4.78, 5) is 12.4. The van der Waals surface area contributed by atoms with Crippen LogP contribution in [0.3, 0.4) is 0 Å². The largest absolute Gasteiger partial charge is 0.377 e. The molecule has 1 heterocycles. The van der Waals surface area contributed by atoms with Gasteiger partial charge in [0.1, 0.15) is 11.6 Å². The van der Waals surface area contributed by atoms with Gasteiger partial charge in [0.25, 0.3) is 0 Å². The van der Waals surface area contributed by atoms with Gasteiger partial charge in [-0.1, -0.05) is 30.3 Å². The van der Waals surface area contributed by atoms with Crippen molar-refractivity contribution >= 4 is 5.91 Å². The van der Waals surface area contributed by atoms with E-state index in [1.807, 2.05) is 18.2 Å². The number of carbonyl (C=O) groups is 1. The van der Waals surface area contributed by atoms with Crippen molar-refractivity contribution in [3.8, 4) is 0 Å². The summed E-state index contributed by atoms with van der Waals surface area (Å²) in [5.41, 5.74) is 1.57. The third-order valence-corrected chi connectivity index (χ3v) is 5.46. The van der Waals surface area contributed by atoms with Crippen molar-refractivity contribution in [1.82, 2.24) is 5.32 Å². The van der Waals surface area contributed by atoms with Gasteiger partial charge in [0.2, 0.25) is 5.91 Å². The zero-order chi connectivity index (χ0) is 18.1. The van der Waals surface area contributed by atoms with Gasteiger partial charge in [-0.15, -0.1) is 0 Å². The smallest absolute Gasteiger partial charge is 0.224 e. The van der Waals surface area contributed by atoms with Gasteiger partial charge in [0, 0.05) is 30.6 Å². The number of rotatable bonds is 5. The van der Waals surface area contributed by atoms with Crippen LogP contribution >= 0.6 is 0 Å². The van der Waals surface area contributed by atoms with E-state index >= 15 is 0 Å². The maximum atomic E-state index is 13.3. The summed E-state index contributed by atoms with van der Waals surface area (Å²) in [6.07, 6.45) is 1.95. The van der Waals surface area contributed by atoms with E-state index in [9.17, 15) is 13.6 Å². The monoisotopic (exact) mass is 357 g/mol. The minimum atomic E-state index is -0.664. The Bertz CT molecular complexity index is 776. The molecule has 1 aliphatic heterocycles. The number of hydrogen-bond acceptors (Lipinski definition) is 2. The average molecular weight is 357 g/mol. The van der Waals surface area contributed by atoms with Crippen LogP contribution in [0.5, 0.6) is 0 Å². The van der Waals surface area contributed by atoms with E-state index in [1.54, 1.807) is 0 Å². The van der Waals surface area contributed by atoms with Crippen molar-refractivity contribution in [2.24, 2.45) is 11.8 Å². The van der Waals surface area contributed by atoms with Crippen LogP contribution in [0.1, 0.15) is 17.5 Å². The van der Waals surface area contributed by atoms with E-state index in [2.05, 4.69) is 17.4 Å². The van der Waals surface area contributed by atoms with Crippen LogP contribution in [0.15, 0.2) is 48.5 Å². The molecule has 5 heteroatoms. The lowest BCUT2D eigenvalue weighted by molar-refractivity contribution is -0.126. The SMILES string of the molecule is O=C(Cc1cc(F)cc(F)c1)N[C@@H]1[C@@H](Cc2ccccc2)[C@H]2OCC[C@@H]12. The molecule has 2 fully saturated rings. The molecule has 0 bridgehead atoms. The minimum Gasteiger partial charge on any atom is -0.377 e. The summed E-state index contributed by atoms with van der Waals surface area (Å²) in [5.74, 6) is -0.969. The van der Waals surface area contributed by atoms with Crippen molar-refractivity contribution < 1.29 is 18.3 Å². The van der Waals surface area contributed by atoms with E-state index in [0.29, 0.717) is 11.5 Å². The number of halogens is 2. The quantitative estimate of drug-likeness (QED) is 0.892. The Morgan fingerprint density at radius 2 is 1.81 bits per heavy atom. The van der Waals surface area contributed by atoms with E-state index in [0.717, 1.165) is 25.5 Å². The molecule has 1 saturated heterocycles. The van der Waals surface area contributed by atoms with Crippen LogP contribution in [-0.4, -0.2) is 24.7 Å². The van der Waals surface area contributed by atoms with Crippen LogP contribution < -0.4 is 5.32 Å². The second-order valence-corrected chi connectivity index (χ2v) is 7.19. The Kier molecular flexibility index (Phi) is 4.72. The molecule has 0 aromatic heterocycles. The Balaban J connectivity index is 1.42. The molecule has 4 rings (SSSR count). The molecule has 2 aromatic rings. The predicted octanol–water partition coefficient (Wildman–Crippen LogP) is 3.27. The Morgan fingerprint density at radius 1 is 1.08 bits per heavy atom. The lowest BCUT2D eigenvalue weighted by Gasteiger charge is -2.48. The first kappa shape index (κ1) is 17.2. The average Bonchev–Trinajstić information content (AvgIpc) is 3.02. The fraction of sp³-hybridized carbons (Fsp3) is 0.381. The molecule has 1 amide bonds. The predicted molar refractivity (Wildman–Crippen MR) is 93.5 cm³/mol. The van der Waals surface area contributed by atoms with Crippen molar-refractivity contribution in [1.29, 1.82) is 0 Å². The summed E-state index contributed by atoms with van der Waals surface area (Å²) < 4.78 is 32.5. The number of benzene rings is 2. The van der Waals surface area contributed by atoms with Gasteiger partial charge in [-0.05, 0) is 36.1 Å². The number of fused-ring (bicyclic) bond motifs is 1. The molecule has 136 valence electrons. The van der Waals surface area contributed by atoms with Gasteiger partial charge in [-0.3, -0.25) is 4.79 Å². The fourth-order valence-corrected chi connectivity index (χ4v) is 4.31. The maximum Gasteiger partial charge on any atom is 0.224 e. The highest BCUT2D eigenvalue weighted by Gasteiger charge is 2.53. The molecule has 26 heavy (non-hydrogen) atoms. The summed E-state index contributed by atoms with van der Waals surface area (Å²) in [6.45, 7) is 0.724.